The molecular formula is C120H84N6. The van der Waals surface area contributed by atoms with E-state index in [2.05, 4.69) is 505 Å². The van der Waals surface area contributed by atoms with Crippen LogP contribution in [-0.4, -0.2) is 27.4 Å². The Balaban J connectivity index is 0.000000112. The summed E-state index contributed by atoms with van der Waals surface area (Å²) in [4.78, 5) is 0. The van der Waals surface area contributed by atoms with E-state index in [1.807, 2.05) is 0 Å². The summed E-state index contributed by atoms with van der Waals surface area (Å²) in [5.74, 6) is 20.2. The smallest absolute Gasteiger partial charge is 0.0543 e. The first-order valence-corrected chi connectivity index (χ1v) is 43.1. The highest BCUT2D eigenvalue weighted by Gasteiger charge is 2.20. The third kappa shape index (κ3) is 13.7. The highest BCUT2D eigenvalue weighted by atomic mass is 15.0. The second-order valence-corrected chi connectivity index (χ2v) is 33.3. The predicted molar refractivity (Wildman–Crippen MR) is 531 cm³/mol. The fraction of sp³-hybridized carbons (Fsp3) is 0.0500. The Hall–Kier alpha value is -16.6. The van der Waals surface area contributed by atoms with Gasteiger partial charge in [0, 0.05) is 132 Å². The molecule has 0 aliphatic heterocycles. The van der Waals surface area contributed by atoms with Crippen LogP contribution in [0.3, 0.4) is 0 Å². The zero-order valence-electron chi connectivity index (χ0n) is 70.8. The molecule has 594 valence electrons. The summed E-state index contributed by atoms with van der Waals surface area (Å²) < 4.78 is 14.1. The Labute approximate surface area is 731 Å². The van der Waals surface area contributed by atoms with E-state index < -0.39 is 0 Å². The van der Waals surface area contributed by atoms with Crippen molar-refractivity contribution >= 4 is 131 Å². The highest BCUT2D eigenvalue weighted by Crippen LogP contribution is 2.40. The van der Waals surface area contributed by atoms with Crippen LogP contribution in [0.2, 0.25) is 0 Å². The number of para-hydroxylation sites is 6. The van der Waals surface area contributed by atoms with E-state index >= 15 is 0 Å². The van der Waals surface area contributed by atoms with Gasteiger partial charge in [0.15, 0.2) is 0 Å². The van der Waals surface area contributed by atoms with Gasteiger partial charge in [0.1, 0.15) is 0 Å². The van der Waals surface area contributed by atoms with Crippen LogP contribution in [-0.2, 0) is 0 Å². The monoisotopic (exact) mass is 1610 g/mol. The van der Waals surface area contributed by atoms with E-state index in [-0.39, 0.29) is 0 Å². The second-order valence-electron chi connectivity index (χ2n) is 33.3. The van der Waals surface area contributed by atoms with Gasteiger partial charge >= 0.3 is 0 Å². The fourth-order valence-corrected chi connectivity index (χ4v) is 18.8. The Morgan fingerprint density at radius 3 is 0.492 bits per heavy atom. The van der Waals surface area contributed by atoms with Gasteiger partial charge in [-0.1, -0.05) is 216 Å². The summed E-state index contributed by atoms with van der Waals surface area (Å²) in [6, 6.07) is 143. The maximum atomic E-state index is 3.37. The molecule has 18 aromatic carbocycles. The molecular weight excluding hydrogens is 1530 g/mol. The van der Waals surface area contributed by atoms with Crippen LogP contribution in [0.15, 0.2) is 400 Å². The summed E-state index contributed by atoms with van der Waals surface area (Å²) in [7, 11) is 0. The topological polar surface area (TPSA) is 29.6 Å². The average Bonchev–Trinajstić information content (AvgIpc) is 1.63. The first kappa shape index (κ1) is 75.6. The quantitative estimate of drug-likeness (QED) is 0.149. The first-order valence-electron chi connectivity index (χ1n) is 43.1. The van der Waals surface area contributed by atoms with Gasteiger partial charge in [0.05, 0.1) is 66.2 Å². The average molecular weight is 1610 g/mol. The lowest BCUT2D eigenvalue weighted by Gasteiger charge is -2.09. The van der Waals surface area contributed by atoms with Gasteiger partial charge in [-0.25, -0.2) is 0 Å². The van der Waals surface area contributed by atoms with E-state index in [0.717, 1.165) is 67.5 Å². The standard InChI is InChI=1S/3C40H28N2/c1-27-11-23-39-35(25-27)33-7-3-5-9-37(33)41(39)31-19-15-29(16-20-31)13-14-30-17-21-32(22-18-30)42-38-10-6-4-8-34(38)36-26-28(2)12-24-40(36)42;1-27-11-23-39-35(25-27)36-26-28(2)12-24-40(36)42(39)32-21-17-30(18-22-32)14-13-29-15-19-31(20-16-29)41-37-9-5-3-7-33(37)34-8-4-6-10-38(34)41;1-27-11-23-35-36-24-12-28(2)26-40(36)42(39(35)25-27)32-21-17-30(18-22-32)14-13-29-15-19-31(20-16-29)41-37-9-5-3-7-33(37)34-8-4-6-10-38(34)41/h3*3-12,15-26H,1-2H3. The molecule has 0 unspecified atom stereocenters. The molecule has 0 aliphatic carbocycles. The number of hydrogen-bond acceptors (Lipinski definition) is 0. The van der Waals surface area contributed by atoms with Crippen LogP contribution in [0, 0.1) is 77.1 Å². The summed E-state index contributed by atoms with van der Waals surface area (Å²) in [5.41, 5.74) is 35.1. The number of benzene rings is 18. The van der Waals surface area contributed by atoms with Crippen molar-refractivity contribution in [1.29, 1.82) is 0 Å². The van der Waals surface area contributed by atoms with Crippen LogP contribution >= 0.6 is 0 Å². The molecule has 6 nitrogen and oxygen atoms in total. The fourth-order valence-electron chi connectivity index (χ4n) is 18.8. The van der Waals surface area contributed by atoms with Gasteiger partial charge in [-0.05, 0) is 295 Å². The number of rotatable bonds is 6. The molecule has 6 heteroatoms. The van der Waals surface area contributed by atoms with Crippen LogP contribution < -0.4 is 0 Å². The SMILES string of the molecule is Cc1ccc2c(c1)c1cc(C)ccc1n2-c1ccc(C#Cc2ccc(-n3c4ccccc4c4ccccc43)cc2)cc1.Cc1ccc2c(c1)c1ccccc1n2-c1ccc(C#Cc2ccc(-n3c4ccccc4c4cc(C)ccc43)cc2)cc1.Cc1ccc2c3ccc(C)cc3n(-c3ccc(C#Cc4ccc(-n5c6ccccc6c6ccccc65)cc4)cc3)c2c1. The summed E-state index contributed by atoms with van der Waals surface area (Å²) in [6.45, 7) is 12.9. The molecule has 0 spiro atoms. The molecule has 6 aromatic heterocycles. The zero-order chi connectivity index (χ0) is 84.6. The van der Waals surface area contributed by atoms with E-state index in [1.165, 1.54) is 164 Å². The molecule has 0 atom stereocenters. The largest absolute Gasteiger partial charge is 0.309 e. The Bertz CT molecular complexity index is 8280. The van der Waals surface area contributed by atoms with Crippen molar-refractivity contribution in [2.24, 2.45) is 0 Å². The molecule has 24 aromatic rings. The van der Waals surface area contributed by atoms with E-state index in [0.29, 0.717) is 0 Å². The van der Waals surface area contributed by atoms with Crippen molar-refractivity contribution in [1.82, 2.24) is 27.4 Å². The minimum atomic E-state index is 0.997. The molecule has 0 saturated carbocycles. The summed E-state index contributed by atoms with van der Waals surface area (Å²) >= 11 is 0. The third-order valence-electron chi connectivity index (χ3n) is 24.8. The van der Waals surface area contributed by atoms with E-state index in [9.17, 15) is 0 Å². The van der Waals surface area contributed by atoms with Gasteiger partial charge in [0.25, 0.3) is 0 Å². The number of aromatic nitrogens is 6. The van der Waals surface area contributed by atoms with Gasteiger partial charge in [-0.15, -0.1) is 0 Å². The van der Waals surface area contributed by atoms with Crippen LogP contribution in [0.1, 0.15) is 66.8 Å². The van der Waals surface area contributed by atoms with Gasteiger partial charge in [-0.2, -0.15) is 0 Å². The summed E-state index contributed by atoms with van der Waals surface area (Å²) in [6.07, 6.45) is 0. The summed E-state index contributed by atoms with van der Waals surface area (Å²) in [5, 5.41) is 15.4. The third-order valence-corrected chi connectivity index (χ3v) is 24.8. The minimum absolute atomic E-state index is 0.997. The van der Waals surface area contributed by atoms with Gasteiger partial charge in [-0.3, -0.25) is 0 Å². The second kappa shape index (κ2) is 31.5. The molecule has 0 saturated heterocycles. The zero-order valence-corrected chi connectivity index (χ0v) is 70.8. The molecule has 6 heterocycles. The number of nitrogens with zero attached hydrogens (tertiary/aromatic N) is 6. The molecule has 0 radical (unpaired) electrons. The van der Waals surface area contributed by atoms with Crippen molar-refractivity contribution in [2.75, 3.05) is 0 Å². The normalized spacial score (nSPS) is 11.4. The lowest BCUT2D eigenvalue weighted by atomic mass is 10.1. The van der Waals surface area contributed by atoms with E-state index in [4.69, 9.17) is 0 Å². The number of fused-ring (bicyclic) bond motifs is 18. The lowest BCUT2D eigenvalue weighted by molar-refractivity contribution is 1.17. The Morgan fingerprint density at radius 2 is 0.278 bits per heavy atom. The highest BCUT2D eigenvalue weighted by molar-refractivity contribution is 6.14. The van der Waals surface area contributed by atoms with Crippen molar-refractivity contribution in [2.45, 2.75) is 41.5 Å². The van der Waals surface area contributed by atoms with Crippen molar-refractivity contribution in [3.63, 3.8) is 0 Å². The number of hydrogen-bond donors (Lipinski definition) is 0. The maximum absolute atomic E-state index is 3.37. The van der Waals surface area contributed by atoms with Crippen LogP contribution in [0.5, 0.6) is 0 Å². The molecule has 126 heavy (non-hydrogen) atoms. The van der Waals surface area contributed by atoms with Crippen LogP contribution in [0.4, 0.5) is 0 Å². The van der Waals surface area contributed by atoms with Crippen LogP contribution in [0.25, 0.3) is 165 Å². The van der Waals surface area contributed by atoms with E-state index in [1.54, 1.807) is 0 Å². The molecule has 0 aliphatic rings. The maximum Gasteiger partial charge on any atom is 0.0543 e. The molecule has 0 amide bonds. The molecule has 0 fully saturated rings. The predicted octanol–water partition coefficient (Wildman–Crippen LogP) is 29.7. The number of aryl methyl sites for hydroxylation is 6. The van der Waals surface area contributed by atoms with Crippen molar-refractivity contribution < 1.29 is 0 Å². The lowest BCUT2D eigenvalue weighted by Crippen LogP contribution is -1.94. The molecule has 24 rings (SSSR count). The molecule has 0 bridgehead atoms. The van der Waals surface area contributed by atoms with Gasteiger partial charge in [0.2, 0.25) is 0 Å². The van der Waals surface area contributed by atoms with Crippen molar-refractivity contribution in [3.05, 3.63) is 467 Å². The molecule has 0 N–H and O–H groups in total. The Kier molecular flexibility index (Phi) is 18.9. The van der Waals surface area contributed by atoms with Gasteiger partial charge < -0.3 is 27.4 Å². The Morgan fingerprint density at radius 1 is 0.127 bits per heavy atom. The van der Waals surface area contributed by atoms with Crippen molar-refractivity contribution in [3.8, 4) is 69.6 Å². The minimum Gasteiger partial charge on any atom is -0.309 e. The first-order chi connectivity index (χ1) is 61.9.